The number of carbonyl (C=O) groups is 1. The van der Waals surface area contributed by atoms with Gasteiger partial charge in [0.05, 0.1) is 0 Å². The van der Waals surface area contributed by atoms with Gasteiger partial charge < -0.3 is 5.32 Å². The van der Waals surface area contributed by atoms with Gasteiger partial charge in [-0.15, -0.1) is 0 Å². The zero-order chi connectivity index (χ0) is 16.1. The van der Waals surface area contributed by atoms with Gasteiger partial charge in [0.15, 0.2) is 0 Å². The van der Waals surface area contributed by atoms with Crippen molar-refractivity contribution in [3.05, 3.63) is 76.4 Å². The maximum atomic E-state index is 12.0. The first-order valence-electron chi connectivity index (χ1n) is 7.35. The molecule has 2 aromatic rings. The van der Waals surface area contributed by atoms with Gasteiger partial charge in [-0.05, 0) is 29.7 Å². The third-order valence-electron chi connectivity index (χ3n) is 3.45. The molecule has 1 saturated heterocycles. The van der Waals surface area contributed by atoms with Gasteiger partial charge >= 0.3 is 0 Å². The van der Waals surface area contributed by atoms with E-state index in [4.69, 9.17) is 11.6 Å². The van der Waals surface area contributed by atoms with E-state index in [-0.39, 0.29) is 5.91 Å². The smallest absolute Gasteiger partial charge is 0.274 e. The van der Waals surface area contributed by atoms with Crippen LogP contribution in [0.4, 0.5) is 0 Å². The Kier molecular flexibility index (Phi) is 4.74. The van der Waals surface area contributed by atoms with Crippen LogP contribution in [-0.4, -0.2) is 18.4 Å². The average Bonchev–Trinajstić information content (AvgIpc) is 2.90. The van der Waals surface area contributed by atoms with E-state index in [0.29, 0.717) is 23.2 Å². The first-order valence-corrected chi connectivity index (χ1v) is 7.73. The molecule has 1 amide bonds. The van der Waals surface area contributed by atoms with E-state index in [2.05, 4.69) is 27.8 Å². The number of hydrogen-bond donors (Lipinski definition) is 2. The molecule has 0 bridgehead atoms. The second-order valence-corrected chi connectivity index (χ2v) is 5.53. The minimum atomic E-state index is -0.205. The van der Waals surface area contributed by atoms with Crippen LogP contribution in [-0.2, 0) is 11.2 Å². The van der Waals surface area contributed by atoms with Crippen LogP contribution >= 0.6 is 11.6 Å². The van der Waals surface area contributed by atoms with E-state index in [1.54, 1.807) is 12.1 Å². The van der Waals surface area contributed by atoms with Crippen LogP contribution in [0, 0.1) is 0 Å². The quantitative estimate of drug-likeness (QED) is 0.849. The maximum absolute atomic E-state index is 12.0. The molecule has 1 aliphatic rings. The number of carbonyl (C=O) groups excluding carboxylic acids is 1. The van der Waals surface area contributed by atoms with Crippen molar-refractivity contribution < 1.29 is 4.79 Å². The molecule has 2 aromatic carbocycles. The van der Waals surface area contributed by atoms with Crippen molar-refractivity contribution >= 4 is 29.5 Å². The number of nitrogens with zero attached hydrogens (tertiary/aromatic N) is 1. The Balaban J connectivity index is 1.65. The van der Waals surface area contributed by atoms with Crippen LogP contribution in [0.3, 0.4) is 0 Å². The lowest BCUT2D eigenvalue weighted by Crippen LogP contribution is -2.25. The van der Waals surface area contributed by atoms with Crippen molar-refractivity contribution in [2.45, 2.75) is 6.42 Å². The summed E-state index contributed by atoms with van der Waals surface area (Å²) < 4.78 is 0. The highest BCUT2D eigenvalue weighted by Crippen LogP contribution is 2.18. The summed E-state index contributed by atoms with van der Waals surface area (Å²) in [4.78, 5) is 16.4. The average molecular weight is 326 g/mol. The van der Waals surface area contributed by atoms with E-state index in [1.165, 1.54) is 5.56 Å². The summed E-state index contributed by atoms with van der Waals surface area (Å²) in [6, 6.07) is 17.5. The van der Waals surface area contributed by atoms with E-state index in [9.17, 15) is 4.79 Å². The lowest BCUT2D eigenvalue weighted by molar-refractivity contribution is -0.115. The molecule has 1 fully saturated rings. The molecule has 116 valence electrons. The Morgan fingerprint density at radius 3 is 2.52 bits per heavy atom. The molecule has 3 rings (SSSR count). The first-order chi connectivity index (χ1) is 11.2. The topological polar surface area (TPSA) is 53.5 Å². The maximum Gasteiger partial charge on any atom is 0.274 e. The van der Waals surface area contributed by atoms with Crippen molar-refractivity contribution in [2.75, 3.05) is 6.54 Å². The van der Waals surface area contributed by atoms with Gasteiger partial charge in [-0.2, -0.15) is 0 Å². The SMILES string of the molecule is O=C1NC(=NCCc2ccccc2)NC1=Cc1ccccc1Cl. The highest BCUT2D eigenvalue weighted by molar-refractivity contribution is 6.32. The van der Waals surface area contributed by atoms with E-state index in [0.717, 1.165) is 12.0 Å². The summed E-state index contributed by atoms with van der Waals surface area (Å²) in [5.41, 5.74) is 2.45. The van der Waals surface area contributed by atoms with Crippen LogP contribution in [0.1, 0.15) is 11.1 Å². The number of amides is 1. The normalized spacial score (nSPS) is 17.3. The summed E-state index contributed by atoms with van der Waals surface area (Å²) in [6.45, 7) is 0.603. The number of rotatable bonds is 4. The summed E-state index contributed by atoms with van der Waals surface area (Å²) in [6.07, 6.45) is 2.54. The fraction of sp³-hybridized carbons (Fsp3) is 0.111. The largest absolute Gasteiger partial charge is 0.321 e. The molecule has 0 unspecified atom stereocenters. The Morgan fingerprint density at radius 1 is 1.00 bits per heavy atom. The number of hydrogen-bond acceptors (Lipinski definition) is 2. The van der Waals surface area contributed by atoms with Gasteiger partial charge in [0.1, 0.15) is 5.70 Å². The molecule has 0 aromatic heterocycles. The summed E-state index contributed by atoms with van der Waals surface area (Å²) >= 11 is 6.10. The Labute approximate surface area is 139 Å². The van der Waals surface area contributed by atoms with E-state index < -0.39 is 0 Å². The molecule has 1 heterocycles. The minimum absolute atomic E-state index is 0.205. The van der Waals surface area contributed by atoms with Crippen molar-refractivity contribution in [3.8, 4) is 0 Å². The van der Waals surface area contributed by atoms with Crippen molar-refractivity contribution in [1.29, 1.82) is 0 Å². The van der Waals surface area contributed by atoms with E-state index >= 15 is 0 Å². The molecule has 2 N–H and O–H groups in total. The second-order valence-electron chi connectivity index (χ2n) is 5.12. The van der Waals surface area contributed by atoms with Crippen LogP contribution in [0.25, 0.3) is 6.08 Å². The lowest BCUT2D eigenvalue weighted by atomic mass is 10.2. The summed E-state index contributed by atoms with van der Waals surface area (Å²) in [5, 5.41) is 6.31. The zero-order valence-corrected chi connectivity index (χ0v) is 13.2. The fourth-order valence-electron chi connectivity index (χ4n) is 2.26. The highest BCUT2D eigenvalue weighted by Gasteiger charge is 2.21. The monoisotopic (exact) mass is 325 g/mol. The number of halogens is 1. The van der Waals surface area contributed by atoms with Crippen LogP contribution in [0.15, 0.2) is 65.3 Å². The van der Waals surface area contributed by atoms with Crippen LogP contribution in [0.2, 0.25) is 5.02 Å². The van der Waals surface area contributed by atoms with Crippen LogP contribution < -0.4 is 10.6 Å². The molecular formula is C18H16ClN3O. The number of nitrogens with one attached hydrogen (secondary N) is 2. The Bertz CT molecular complexity index is 769. The van der Waals surface area contributed by atoms with Gasteiger partial charge in [-0.25, -0.2) is 0 Å². The van der Waals surface area contributed by atoms with Crippen molar-refractivity contribution in [1.82, 2.24) is 10.6 Å². The van der Waals surface area contributed by atoms with Gasteiger partial charge in [-0.3, -0.25) is 15.1 Å². The standard InChI is InChI=1S/C18H16ClN3O/c19-15-9-5-4-8-14(15)12-16-17(23)22-18(21-16)20-11-10-13-6-2-1-3-7-13/h1-9,12H,10-11H2,(H2,20,21,22,23). The molecule has 0 saturated carbocycles. The summed E-state index contributed by atoms with van der Waals surface area (Å²) in [7, 11) is 0. The lowest BCUT2D eigenvalue weighted by Gasteiger charge is -2.00. The predicted octanol–water partition coefficient (Wildman–Crippen LogP) is 3.00. The number of benzene rings is 2. The molecule has 0 atom stereocenters. The van der Waals surface area contributed by atoms with Gasteiger partial charge in [0, 0.05) is 11.6 Å². The summed E-state index contributed by atoms with van der Waals surface area (Å²) in [5.74, 6) is 0.271. The molecule has 1 aliphatic heterocycles. The van der Waals surface area contributed by atoms with Gasteiger partial charge in [0.2, 0.25) is 5.96 Å². The van der Waals surface area contributed by atoms with Crippen LogP contribution in [0.5, 0.6) is 0 Å². The van der Waals surface area contributed by atoms with E-state index in [1.807, 2.05) is 36.4 Å². The minimum Gasteiger partial charge on any atom is -0.321 e. The first kappa shape index (κ1) is 15.3. The molecule has 4 nitrogen and oxygen atoms in total. The highest BCUT2D eigenvalue weighted by atomic mass is 35.5. The fourth-order valence-corrected chi connectivity index (χ4v) is 2.45. The Hall–Kier alpha value is -2.59. The third kappa shape index (κ3) is 3.99. The molecule has 0 radical (unpaired) electrons. The van der Waals surface area contributed by atoms with Crippen molar-refractivity contribution in [3.63, 3.8) is 0 Å². The molecule has 23 heavy (non-hydrogen) atoms. The Morgan fingerprint density at radius 2 is 1.74 bits per heavy atom. The number of aliphatic imine (C=N–C) groups is 1. The predicted molar refractivity (Wildman–Crippen MR) is 93.2 cm³/mol. The molecule has 5 heteroatoms. The zero-order valence-electron chi connectivity index (χ0n) is 12.4. The van der Waals surface area contributed by atoms with Gasteiger partial charge in [0.25, 0.3) is 5.91 Å². The molecule has 0 spiro atoms. The number of guanidine groups is 1. The molecular weight excluding hydrogens is 310 g/mol. The molecule has 0 aliphatic carbocycles. The second kappa shape index (κ2) is 7.11. The van der Waals surface area contributed by atoms with Crippen molar-refractivity contribution in [2.24, 2.45) is 4.99 Å². The third-order valence-corrected chi connectivity index (χ3v) is 3.79. The van der Waals surface area contributed by atoms with Gasteiger partial charge in [-0.1, -0.05) is 60.1 Å².